The summed E-state index contributed by atoms with van der Waals surface area (Å²) in [5, 5.41) is 20.1. The molecule has 1 aliphatic rings. The van der Waals surface area contributed by atoms with Crippen LogP contribution in [-0.2, 0) is 13.8 Å². The highest BCUT2D eigenvalue weighted by molar-refractivity contribution is 7.54. The minimum Gasteiger partial charge on any atom is -0.387 e. The molecule has 5 N–H and O–H groups in total. The summed E-state index contributed by atoms with van der Waals surface area (Å²) in [6.45, 7) is 4.39. The maximum Gasteiger partial charge on any atom is 0.333 e. The fourth-order valence-electron chi connectivity index (χ4n) is 2.33. The molecule has 0 bridgehead atoms. The molecule has 5 atom stereocenters. The van der Waals surface area contributed by atoms with E-state index in [1.54, 1.807) is 0 Å². The Morgan fingerprint density at radius 1 is 1.39 bits per heavy atom. The third-order valence-electron chi connectivity index (χ3n) is 3.42. The van der Waals surface area contributed by atoms with Crippen molar-refractivity contribution in [2.24, 2.45) is 0 Å². The van der Waals surface area contributed by atoms with Gasteiger partial charge in [0.05, 0.1) is 19.6 Å². The van der Waals surface area contributed by atoms with E-state index >= 15 is 0 Å². The zero-order valence-electron chi connectivity index (χ0n) is 11.6. The minimum absolute atomic E-state index is 0.158. The van der Waals surface area contributed by atoms with Crippen LogP contribution in [0.15, 0.2) is 12.7 Å². The van der Waals surface area contributed by atoms with Gasteiger partial charge in [-0.3, -0.25) is 9.13 Å². The highest BCUT2D eigenvalue weighted by Gasteiger charge is 2.45. The molecule has 1 aliphatic heterocycles. The maximum absolute atomic E-state index is 10.9. The number of nitrogens with zero attached hydrogens (tertiary/aromatic N) is 4. The van der Waals surface area contributed by atoms with Crippen LogP contribution < -0.4 is 5.73 Å². The lowest BCUT2D eigenvalue weighted by atomic mass is 10.1. The zero-order valence-corrected chi connectivity index (χ0v) is 12.5. The van der Waals surface area contributed by atoms with Crippen LogP contribution in [0.2, 0.25) is 0 Å². The number of nitrogen functional groups attached to an aromatic ring is 1. The minimum atomic E-state index is -4.22. The maximum atomic E-state index is 10.9. The van der Waals surface area contributed by atoms with E-state index in [-0.39, 0.29) is 5.82 Å². The summed E-state index contributed by atoms with van der Waals surface area (Å²) in [5.74, 6) is 0.158. The van der Waals surface area contributed by atoms with Gasteiger partial charge in [0.15, 0.2) is 17.7 Å². The number of rotatable bonds is 4. The second-order valence-corrected chi connectivity index (χ2v) is 6.38. The number of imidazole rings is 1. The van der Waals surface area contributed by atoms with Crippen LogP contribution in [0.25, 0.3) is 11.2 Å². The molecule has 3 heterocycles. The summed E-state index contributed by atoms with van der Waals surface area (Å²) >= 11 is 0. The van der Waals surface area contributed by atoms with Crippen molar-refractivity contribution in [3.05, 3.63) is 19.3 Å². The Labute approximate surface area is 130 Å². The molecule has 2 radical (unpaired) electrons. The summed E-state index contributed by atoms with van der Waals surface area (Å²) in [6, 6.07) is 0. The van der Waals surface area contributed by atoms with Crippen molar-refractivity contribution in [3.8, 4) is 0 Å². The Hall–Kier alpha value is -1.62. The molecule has 1 fully saturated rings. The first-order valence-corrected chi connectivity index (χ1v) is 8.13. The van der Waals surface area contributed by atoms with Gasteiger partial charge in [-0.2, -0.15) is 0 Å². The van der Waals surface area contributed by atoms with E-state index in [0.29, 0.717) is 11.2 Å². The van der Waals surface area contributed by atoms with E-state index in [4.69, 9.17) is 22.0 Å². The summed E-state index contributed by atoms with van der Waals surface area (Å²) in [6.07, 6.45) is -2.23. The van der Waals surface area contributed by atoms with Crippen molar-refractivity contribution >= 4 is 24.6 Å². The van der Waals surface area contributed by atoms with Gasteiger partial charge in [-0.1, -0.05) is 0 Å². The molecule has 11 nitrogen and oxygen atoms in total. The largest absolute Gasteiger partial charge is 0.387 e. The van der Waals surface area contributed by atoms with Crippen molar-refractivity contribution in [1.29, 1.82) is 0 Å². The van der Waals surface area contributed by atoms with Crippen LogP contribution in [-0.4, -0.2) is 59.5 Å². The Balaban J connectivity index is 1.85. The molecule has 23 heavy (non-hydrogen) atoms. The number of nitrogens with two attached hydrogens (primary N) is 1. The lowest BCUT2D eigenvalue weighted by molar-refractivity contribution is -0.0482. The molecular formula is C11H14N5O6P. The van der Waals surface area contributed by atoms with Gasteiger partial charge >= 0.3 is 7.60 Å². The quantitative estimate of drug-likeness (QED) is 0.500. The molecule has 0 spiro atoms. The van der Waals surface area contributed by atoms with Crippen LogP contribution in [0.4, 0.5) is 5.82 Å². The number of aliphatic hydroxyl groups is 2. The third-order valence-corrected chi connectivity index (χ3v) is 3.94. The first-order valence-electron chi connectivity index (χ1n) is 6.48. The van der Waals surface area contributed by atoms with Gasteiger partial charge in [-0.15, -0.1) is 0 Å². The number of fused-ring (bicyclic) bond motifs is 1. The van der Waals surface area contributed by atoms with Crippen molar-refractivity contribution in [2.45, 2.75) is 24.5 Å². The average molecular weight is 343 g/mol. The van der Waals surface area contributed by atoms with E-state index in [0.717, 1.165) is 0 Å². The molecule has 3 rings (SSSR count). The van der Waals surface area contributed by atoms with Crippen LogP contribution in [0.5, 0.6) is 0 Å². The van der Waals surface area contributed by atoms with Gasteiger partial charge in [0.2, 0.25) is 0 Å². The molecule has 12 heteroatoms. The second kappa shape index (κ2) is 5.78. The molecule has 1 unspecified atom stereocenters. The highest BCUT2D eigenvalue weighted by Crippen LogP contribution is 2.41. The van der Waals surface area contributed by atoms with Gasteiger partial charge in [-0.05, 0) is 0 Å². The highest BCUT2D eigenvalue weighted by atomic mass is 31.2. The van der Waals surface area contributed by atoms with Crippen molar-refractivity contribution in [3.63, 3.8) is 0 Å². The summed E-state index contributed by atoms with van der Waals surface area (Å²) in [5.41, 5.74) is 6.31. The Kier molecular flexibility index (Phi) is 4.08. The van der Waals surface area contributed by atoms with Gasteiger partial charge in [-0.25, -0.2) is 15.0 Å². The molecule has 2 aromatic rings. The zero-order chi connectivity index (χ0) is 16.8. The molecule has 1 saturated heterocycles. The first kappa shape index (κ1) is 16.2. The average Bonchev–Trinajstić information content (AvgIpc) is 3.01. The van der Waals surface area contributed by atoms with Gasteiger partial charge in [0.1, 0.15) is 30.2 Å². The summed E-state index contributed by atoms with van der Waals surface area (Å²) in [7, 11) is -4.22. The van der Waals surface area contributed by atoms with E-state index in [1.807, 2.05) is 0 Å². The Morgan fingerprint density at radius 2 is 2.13 bits per heavy atom. The number of aromatic nitrogens is 4. The van der Waals surface area contributed by atoms with Gasteiger partial charge in [0.25, 0.3) is 0 Å². The van der Waals surface area contributed by atoms with Crippen LogP contribution in [0.3, 0.4) is 0 Å². The van der Waals surface area contributed by atoms with E-state index in [2.05, 4.69) is 19.5 Å². The van der Waals surface area contributed by atoms with Crippen LogP contribution in [0.1, 0.15) is 6.23 Å². The SMILES string of the molecule is [CH]P(=O)(O)OC[C@H]1O[C@@H](n2cnc3c(N)ncnc32)[C@H](O)[C@@H]1O. The Morgan fingerprint density at radius 3 is 2.83 bits per heavy atom. The predicted octanol–water partition coefficient (Wildman–Crippen LogP) is -1.10. The standard InChI is InChI=1S/C11H14N5O6P/c1-23(19,20)21-2-5-7(17)8(18)11(22-5)16-4-15-6-9(12)13-3-14-10(6)16/h1,3-5,7-8,11,17-18H,2H2,(H,19,20)(H2,12,13,14)/t5-,7-,8-,11-/m1/s1. The van der Waals surface area contributed by atoms with Crippen LogP contribution >= 0.6 is 7.60 Å². The third kappa shape index (κ3) is 3.07. The van der Waals surface area contributed by atoms with Crippen molar-refractivity contribution in [1.82, 2.24) is 19.5 Å². The Bertz CT molecular complexity index is 762. The molecule has 124 valence electrons. The van der Waals surface area contributed by atoms with E-state index in [9.17, 15) is 14.8 Å². The number of hydrogen-bond donors (Lipinski definition) is 4. The van der Waals surface area contributed by atoms with E-state index < -0.39 is 38.7 Å². The molecule has 0 amide bonds. The summed E-state index contributed by atoms with van der Waals surface area (Å²) in [4.78, 5) is 20.8. The lowest BCUT2D eigenvalue weighted by Gasteiger charge is -2.16. The fourth-order valence-corrected chi connectivity index (χ4v) is 2.69. The molecular weight excluding hydrogens is 329 g/mol. The predicted molar refractivity (Wildman–Crippen MR) is 75.7 cm³/mol. The first-order chi connectivity index (χ1) is 10.8. The number of hydrogen-bond acceptors (Lipinski definition) is 9. The normalized spacial score (nSPS) is 30.6. The molecule has 0 saturated carbocycles. The molecule has 0 aliphatic carbocycles. The lowest BCUT2D eigenvalue weighted by Crippen LogP contribution is -2.33. The summed E-state index contributed by atoms with van der Waals surface area (Å²) < 4.78 is 22.3. The smallest absolute Gasteiger partial charge is 0.333 e. The topological polar surface area (TPSA) is 166 Å². The fraction of sp³-hybridized carbons (Fsp3) is 0.455. The van der Waals surface area contributed by atoms with Gasteiger partial charge in [0, 0.05) is 0 Å². The van der Waals surface area contributed by atoms with Crippen molar-refractivity contribution < 1.29 is 28.9 Å². The molecule has 0 aromatic carbocycles. The number of aliphatic hydroxyl groups excluding tert-OH is 2. The van der Waals surface area contributed by atoms with E-state index in [1.165, 1.54) is 17.2 Å². The molecule has 2 aromatic heterocycles. The van der Waals surface area contributed by atoms with Gasteiger partial charge < -0.3 is 30.1 Å². The number of anilines is 1. The van der Waals surface area contributed by atoms with Crippen LogP contribution in [0, 0.1) is 6.66 Å². The number of ether oxygens (including phenoxy) is 1. The monoisotopic (exact) mass is 343 g/mol. The second-order valence-electron chi connectivity index (χ2n) is 4.99. The van der Waals surface area contributed by atoms with Crippen molar-refractivity contribution in [2.75, 3.05) is 12.3 Å².